The first-order valence-electron chi connectivity index (χ1n) is 7.84. The fourth-order valence-corrected chi connectivity index (χ4v) is 3.14. The van der Waals surface area contributed by atoms with Crippen LogP contribution in [-0.4, -0.2) is 30.1 Å². The first kappa shape index (κ1) is 16.2. The minimum absolute atomic E-state index is 0.00210. The predicted octanol–water partition coefficient (Wildman–Crippen LogP) is 1.96. The van der Waals surface area contributed by atoms with Crippen LogP contribution in [0.25, 0.3) is 17.2 Å². The van der Waals surface area contributed by atoms with E-state index in [9.17, 15) is 9.59 Å². The van der Waals surface area contributed by atoms with E-state index in [0.717, 1.165) is 5.56 Å². The summed E-state index contributed by atoms with van der Waals surface area (Å²) >= 11 is 1.34. The third kappa shape index (κ3) is 3.00. The molecule has 1 N–H and O–H groups in total. The number of carbonyl (C=O) groups excluding carboxylic acids is 1. The van der Waals surface area contributed by atoms with E-state index in [0.29, 0.717) is 22.4 Å². The molecular weight excluding hydrogens is 352 g/mol. The lowest BCUT2D eigenvalue weighted by Crippen LogP contribution is -2.25. The molecule has 0 radical (unpaired) electrons. The Balaban J connectivity index is 1.75. The number of anilines is 1. The van der Waals surface area contributed by atoms with E-state index in [1.54, 1.807) is 23.1 Å². The fourth-order valence-electron chi connectivity index (χ4n) is 2.59. The highest BCUT2D eigenvalue weighted by Crippen LogP contribution is 2.16. The zero-order valence-corrected chi connectivity index (χ0v) is 14.6. The average Bonchev–Trinajstić information content (AvgIpc) is 3.29. The zero-order chi connectivity index (χ0) is 18.1. The minimum atomic E-state index is -0.288. The van der Waals surface area contributed by atoms with Crippen molar-refractivity contribution in [1.82, 2.24) is 24.1 Å². The van der Waals surface area contributed by atoms with Crippen LogP contribution in [-0.2, 0) is 11.3 Å². The number of nitrogens with zero attached hydrogens (tertiary/aromatic N) is 5. The highest BCUT2D eigenvalue weighted by atomic mass is 32.1. The normalized spacial score (nSPS) is 11.0. The Morgan fingerprint density at radius 3 is 2.81 bits per heavy atom. The van der Waals surface area contributed by atoms with Gasteiger partial charge >= 0.3 is 0 Å². The molecule has 0 unspecified atom stereocenters. The van der Waals surface area contributed by atoms with Crippen LogP contribution in [0.5, 0.6) is 0 Å². The smallest absolute Gasteiger partial charge is 0.275 e. The summed E-state index contributed by atoms with van der Waals surface area (Å²) in [5.74, 6) is 0.503. The molecule has 0 atom stereocenters. The largest absolute Gasteiger partial charge is 0.305 e. The SMILES string of the molecule is Cc1cc(=O)n2nc(-c3ccccc3)nc2n1CC(=O)Nc1nccs1. The van der Waals surface area contributed by atoms with E-state index < -0.39 is 0 Å². The van der Waals surface area contributed by atoms with Gasteiger partial charge in [0.15, 0.2) is 11.0 Å². The molecule has 8 nitrogen and oxygen atoms in total. The number of carbonyl (C=O) groups is 1. The lowest BCUT2D eigenvalue weighted by molar-refractivity contribution is -0.116. The summed E-state index contributed by atoms with van der Waals surface area (Å²) in [5, 5.41) is 9.33. The second-order valence-electron chi connectivity index (χ2n) is 5.61. The summed E-state index contributed by atoms with van der Waals surface area (Å²) in [6.45, 7) is 1.76. The average molecular weight is 366 g/mol. The molecule has 0 aliphatic rings. The molecular formula is C17H14N6O2S. The topological polar surface area (TPSA) is 94.2 Å². The molecule has 0 aliphatic carbocycles. The Hall–Kier alpha value is -3.33. The first-order valence-corrected chi connectivity index (χ1v) is 8.72. The van der Waals surface area contributed by atoms with Crippen molar-refractivity contribution in [3.8, 4) is 11.4 Å². The monoisotopic (exact) mass is 366 g/mol. The van der Waals surface area contributed by atoms with Gasteiger partial charge in [-0.25, -0.2) is 4.98 Å². The van der Waals surface area contributed by atoms with Crippen LogP contribution >= 0.6 is 11.3 Å². The number of thiazole rings is 1. The number of rotatable bonds is 4. The molecule has 9 heteroatoms. The molecule has 1 aromatic carbocycles. The van der Waals surface area contributed by atoms with Crippen molar-refractivity contribution in [2.45, 2.75) is 13.5 Å². The standard InChI is InChI=1S/C17H14N6O2S/c1-11-9-14(25)23-17(20-15(21-23)12-5-3-2-4-6-12)22(11)10-13(24)19-16-18-7-8-26-16/h2-9H,10H2,1H3,(H,18,19,24). The van der Waals surface area contributed by atoms with Gasteiger partial charge in [0.2, 0.25) is 11.7 Å². The Morgan fingerprint density at radius 1 is 1.27 bits per heavy atom. The van der Waals surface area contributed by atoms with Gasteiger partial charge < -0.3 is 9.88 Å². The highest BCUT2D eigenvalue weighted by Gasteiger charge is 2.15. The van der Waals surface area contributed by atoms with Crippen LogP contribution in [0.4, 0.5) is 5.13 Å². The van der Waals surface area contributed by atoms with Crippen LogP contribution in [0.15, 0.2) is 52.8 Å². The summed E-state index contributed by atoms with van der Waals surface area (Å²) in [7, 11) is 0. The number of hydrogen-bond acceptors (Lipinski definition) is 6. The van der Waals surface area contributed by atoms with Crippen molar-refractivity contribution in [2.75, 3.05) is 5.32 Å². The molecule has 0 aliphatic heterocycles. The van der Waals surface area contributed by atoms with Gasteiger partial charge in [0.25, 0.3) is 5.56 Å². The predicted molar refractivity (Wildman–Crippen MR) is 98.2 cm³/mol. The van der Waals surface area contributed by atoms with E-state index in [-0.39, 0.29) is 18.0 Å². The van der Waals surface area contributed by atoms with Gasteiger partial charge in [-0.2, -0.15) is 9.50 Å². The van der Waals surface area contributed by atoms with E-state index in [1.165, 1.54) is 21.9 Å². The van der Waals surface area contributed by atoms with Crippen molar-refractivity contribution in [3.05, 3.63) is 64.0 Å². The molecule has 4 rings (SSSR count). The first-order chi connectivity index (χ1) is 12.6. The molecule has 4 aromatic rings. The molecule has 3 heterocycles. The quantitative estimate of drug-likeness (QED) is 0.596. The van der Waals surface area contributed by atoms with Crippen molar-refractivity contribution >= 4 is 28.2 Å². The van der Waals surface area contributed by atoms with E-state index in [2.05, 4.69) is 20.4 Å². The van der Waals surface area contributed by atoms with E-state index in [4.69, 9.17) is 0 Å². The third-order valence-corrected chi connectivity index (χ3v) is 4.50. The molecule has 130 valence electrons. The van der Waals surface area contributed by atoms with Gasteiger partial charge in [0.05, 0.1) is 0 Å². The van der Waals surface area contributed by atoms with E-state index >= 15 is 0 Å². The number of aromatic nitrogens is 5. The summed E-state index contributed by atoms with van der Waals surface area (Å²) < 4.78 is 2.87. The lowest BCUT2D eigenvalue weighted by atomic mass is 10.2. The Labute approximate surface area is 151 Å². The van der Waals surface area contributed by atoms with Gasteiger partial charge in [0.1, 0.15) is 6.54 Å². The number of aryl methyl sites for hydroxylation is 1. The van der Waals surface area contributed by atoms with E-state index in [1.807, 2.05) is 30.3 Å². The van der Waals surface area contributed by atoms with Crippen LogP contribution in [0.2, 0.25) is 0 Å². The number of fused-ring (bicyclic) bond motifs is 1. The number of nitrogens with one attached hydrogen (secondary N) is 1. The molecule has 0 bridgehead atoms. The summed E-state index contributed by atoms with van der Waals surface area (Å²) in [5.41, 5.74) is 1.14. The highest BCUT2D eigenvalue weighted by molar-refractivity contribution is 7.13. The van der Waals surface area contributed by atoms with Gasteiger partial charge in [-0.15, -0.1) is 16.4 Å². The van der Waals surface area contributed by atoms with Crippen LogP contribution in [0, 0.1) is 6.92 Å². The summed E-state index contributed by atoms with van der Waals surface area (Å²) in [6.07, 6.45) is 1.62. The maximum absolute atomic E-state index is 12.3. The third-order valence-electron chi connectivity index (χ3n) is 3.81. The Morgan fingerprint density at radius 2 is 2.08 bits per heavy atom. The van der Waals surface area contributed by atoms with Gasteiger partial charge in [-0.05, 0) is 6.92 Å². The van der Waals surface area contributed by atoms with Gasteiger partial charge in [-0.1, -0.05) is 30.3 Å². The maximum atomic E-state index is 12.3. The molecule has 0 saturated carbocycles. The maximum Gasteiger partial charge on any atom is 0.275 e. The van der Waals surface area contributed by atoms with Crippen molar-refractivity contribution in [2.24, 2.45) is 0 Å². The van der Waals surface area contributed by atoms with Gasteiger partial charge in [0, 0.05) is 28.9 Å². The van der Waals surface area contributed by atoms with Crippen LogP contribution in [0.1, 0.15) is 5.69 Å². The fraction of sp³-hybridized carbons (Fsp3) is 0.118. The Kier molecular flexibility index (Phi) is 4.05. The summed E-state index contributed by atoms with van der Waals surface area (Å²) in [4.78, 5) is 33.1. The van der Waals surface area contributed by atoms with Crippen molar-refractivity contribution < 1.29 is 4.79 Å². The number of hydrogen-bond donors (Lipinski definition) is 1. The minimum Gasteiger partial charge on any atom is -0.305 e. The lowest BCUT2D eigenvalue weighted by Gasteiger charge is -2.10. The second kappa shape index (κ2) is 6.52. The van der Waals surface area contributed by atoms with Crippen LogP contribution in [0.3, 0.4) is 0 Å². The zero-order valence-electron chi connectivity index (χ0n) is 13.8. The molecule has 0 fully saturated rings. The molecule has 3 aromatic heterocycles. The number of amides is 1. The van der Waals surface area contributed by atoms with Crippen molar-refractivity contribution in [3.63, 3.8) is 0 Å². The van der Waals surface area contributed by atoms with Gasteiger partial charge in [-0.3, -0.25) is 9.59 Å². The summed E-state index contributed by atoms with van der Waals surface area (Å²) in [6, 6.07) is 10.8. The molecule has 1 amide bonds. The Bertz CT molecular complexity index is 1130. The van der Waals surface area contributed by atoms with Crippen LogP contribution < -0.4 is 10.9 Å². The molecule has 0 spiro atoms. The molecule has 0 saturated heterocycles. The number of benzene rings is 1. The second-order valence-corrected chi connectivity index (χ2v) is 6.50. The van der Waals surface area contributed by atoms with Crippen molar-refractivity contribution in [1.29, 1.82) is 0 Å². The molecule has 26 heavy (non-hydrogen) atoms.